The highest BCUT2D eigenvalue weighted by atomic mass is 16.2. The van der Waals surface area contributed by atoms with Gasteiger partial charge in [-0.25, -0.2) is 4.79 Å². The van der Waals surface area contributed by atoms with Gasteiger partial charge in [0.2, 0.25) is 5.91 Å². The maximum absolute atomic E-state index is 12.7. The van der Waals surface area contributed by atoms with Crippen LogP contribution < -0.4 is 15.5 Å². The third-order valence-electron chi connectivity index (χ3n) is 4.89. The number of aryl methyl sites for hydroxylation is 2. The Morgan fingerprint density at radius 3 is 2.19 bits per heavy atom. The molecule has 0 aromatic heterocycles. The lowest BCUT2D eigenvalue weighted by atomic mass is 9.94. The van der Waals surface area contributed by atoms with Crippen LogP contribution in [0.15, 0.2) is 36.4 Å². The quantitative estimate of drug-likeness (QED) is 0.796. The lowest BCUT2D eigenvalue weighted by Gasteiger charge is -2.26. The molecule has 3 amide bonds. The van der Waals surface area contributed by atoms with Crippen molar-refractivity contribution < 1.29 is 9.59 Å². The Morgan fingerprint density at radius 2 is 1.56 bits per heavy atom. The van der Waals surface area contributed by atoms with Crippen molar-refractivity contribution in [1.82, 2.24) is 0 Å². The van der Waals surface area contributed by atoms with Crippen molar-refractivity contribution in [2.75, 3.05) is 22.1 Å². The van der Waals surface area contributed by atoms with E-state index in [-0.39, 0.29) is 11.9 Å². The number of rotatable bonds is 2. The van der Waals surface area contributed by atoms with Gasteiger partial charge in [0.25, 0.3) is 0 Å². The fourth-order valence-electron chi connectivity index (χ4n) is 3.19. The van der Waals surface area contributed by atoms with Gasteiger partial charge >= 0.3 is 6.03 Å². The first-order valence-electron chi connectivity index (χ1n) is 9.25. The largest absolute Gasteiger partial charge is 0.323 e. The summed E-state index contributed by atoms with van der Waals surface area (Å²) in [7, 11) is 0. The molecule has 142 valence electrons. The Morgan fingerprint density at radius 1 is 0.926 bits per heavy atom. The number of hydrogen-bond donors (Lipinski definition) is 2. The Kier molecular flexibility index (Phi) is 4.96. The second kappa shape index (κ2) is 7.06. The van der Waals surface area contributed by atoms with Gasteiger partial charge in [-0.3, -0.25) is 4.79 Å². The van der Waals surface area contributed by atoms with E-state index in [4.69, 9.17) is 0 Å². The van der Waals surface area contributed by atoms with Crippen LogP contribution in [0.2, 0.25) is 0 Å². The van der Waals surface area contributed by atoms with Crippen LogP contribution in [-0.2, 0) is 11.2 Å². The molecule has 27 heavy (non-hydrogen) atoms. The van der Waals surface area contributed by atoms with Crippen LogP contribution in [0, 0.1) is 19.3 Å². The Labute approximate surface area is 160 Å². The Balaban J connectivity index is 1.74. The average Bonchev–Trinajstić information content (AvgIpc) is 2.99. The number of fused-ring (bicyclic) bond motifs is 1. The van der Waals surface area contributed by atoms with Crippen LogP contribution >= 0.6 is 0 Å². The molecule has 2 aromatic carbocycles. The summed E-state index contributed by atoms with van der Waals surface area (Å²) in [5.74, 6) is 0.0954. The van der Waals surface area contributed by atoms with Crippen molar-refractivity contribution in [2.45, 2.75) is 41.0 Å². The summed E-state index contributed by atoms with van der Waals surface area (Å²) in [6.45, 7) is 10.5. The molecule has 5 heteroatoms. The van der Waals surface area contributed by atoms with Gasteiger partial charge in [-0.2, -0.15) is 0 Å². The van der Waals surface area contributed by atoms with Gasteiger partial charge in [-0.1, -0.05) is 32.9 Å². The van der Waals surface area contributed by atoms with E-state index in [2.05, 4.69) is 10.6 Å². The third-order valence-corrected chi connectivity index (χ3v) is 4.89. The number of carbonyl (C=O) groups is 2. The van der Waals surface area contributed by atoms with E-state index in [0.29, 0.717) is 12.2 Å². The first-order valence-corrected chi connectivity index (χ1v) is 9.25. The number of hydrogen-bond acceptors (Lipinski definition) is 2. The molecule has 0 atom stereocenters. The first kappa shape index (κ1) is 19.0. The summed E-state index contributed by atoms with van der Waals surface area (Å²) in [6, 6.07) is 11.3. The van der Waals surface area contributed by atoms with Gasteiger partial charge in [0, 0.05) is 29.0 Å². The second-order valence-electron chi connectivity index (χ2n) is 8.18. The van der Waals surface area contributed by atoms with E-state index in [0.717, 1.165) is 28.9 Å². The summed E-state index contributed by atoms with van der Waals surface area (Å²) in [4.78, 5) is 26.9. The standard InChI is InChI=1S/C22H27N3O2/c1-14-6-8-17(12-15(14)2)23-21(27)24-18-9-7-16-10-11-25(19(16)13-18)20(26)22(3,4)5/h6-9,12-13H,10-11H2,1-5H3,(H2,23,24,27). The second-order valence-corrected chi connectivity index (χ2v) is 8.18. The number of urea groups is 1. The lowest BCUT2D eigenvalue weighted by Crippen LogP contribution is -2.38. The number of nitrogens with zero attached hydrogens (tertiary/aromatic N) is 1. The fourth-order valence-corrected chi connectivity index (χ4v) is 3.19. The van der Waals surface area contributed by atoms with Crippen molar-refractivity contribution in [3.05, 3.63) is 53.1 Å². The minimum Gasteiger partial charge on any atom is -0.311 e. The fraction of sp³-hybridized carbons (Fsp3) is 0.364. The highest BCUT2D eigenvalue weighted by Crippen LogP contribution is 2.34. The van der Waals surface area contributed by atoms with Gasteiger partial charge in [0.15, 0.2) is 0 Å². The van der Waals surface area contributed by atoms with E-state index in [9.17, 15) is 9.59 Å². The molecule has 1 heterocycles. The highest BCUT2D eigenvalue weighted by molar-refractivity contribution is 6.02. The van der Waals surface area contributed by atoms with Gasteiger partial charge in [-0.05, 0) is 61.2 Å². The smallest absolute Gasteiger partial charge is 0.311 e. The van der Waals surface area contributed by atoms with Gasteiger partial charge in [0.1, 0.15) is 0 Å². The number of carbonyl (C=O) groups excluding carboxylic acids is 2. The van der Waals surface area contributed by atoms with Crippen molar-refractivity contribution in [2.24, 2.45) is 5.41 Å². The maximum Gasteiger partial charge on any atom is 0.323 e. The molecule has 0 unspecified atom stereocenters. The molecule has 0 bridgehead atoms. The molecule has 0 spiro atoms. The highest BCUT2D eigenvalue weighted by Gasteiger charge is 2.32. The van der Waals surface area contributed by atoms with Gasteiger partial charge in [-0.15, -0.1) is 0 Å². The zero-order valence-corrected chi connectivity index (χ0v) is 16.6. The van der Waals surface area contributed by atoms with Gasteiger partial charge < -0.3 is 15.5 Å². The number of benzene rings is 2. The Bertz CT molecular complexity index is 897. The minimum atomic E-state index is -0.439. The molecule has 0 saturated carbocycles. The molecule has 0 radical (unpaired) electrons. The van der Waals surface area contributed by atoms with E-state index in [1.54, 1.807) is 0 Å². The van der Waals surface area contributed by atoms with E-state index in [1.165, 1.54) is 5.56 Å². The van der Waals surface area contributed by atoms with Crippen LogP contribution in [0.3, 0.4) is 0 Å². The number of nitrogens with one attached hydrogen (secondary N) is 2. The van der Waals surface area contributed by atoms with Crippen molar-refractivity contribution in [3.63, 3.8) is 0 Å². The van der Waals surface area contributed by atoms with Crippen molar-refractivity contribution in [1.29, 1.82) is 0 Å². The minimum absolute atomic E-state index is 0.0954. The molecule has 0 saturated heterocycles. The zero-order valence-electron chi connectivity index (χ0n) is 16.6. The summed E-state index contributed by atoms with van der Waals surface area (Å²) >= 11 is 0. The molecule has 2 aromatic rings. The molecular weight excluding hydrogens is 338 g/mol. The first-order chi connectivity index (χ1) is 12.6. The van der Waals surface area contributed by atoms with Crippen molar-refractivity contribution in [3.8, 4) is 0 Å². The van der Waals surface area contributed by atoms with Crippen LogP contribution in [0.1, 0.15) is 37.5 Å². The number of anilines is 3. The molecule has 0 aliphatic carbocycles. The molecule has 1 aliphatic rings. The molecule has 1 aliphatic heterocycles. The van der Waals surface area contributed by atoms with E-state index >= 15 is 0 Å². The maximum atomic E-state index is 12.7. The molecule has 5 nitrogen and oxygen atoms in total. The predicted octanol–water partition coefficient (Wildman–Crippen LogP) is 4.88. The third kappa shape index (κ3) is 4.13. The summed E-state index contributed by atoms with van der Waals surface area (Å²) in [5, 5.41) is 5.72. The summed E-state index contributed by atoms with van der Waals surface area (Å²) in [6.07, 6.45) is 0.840. The molecule has 3 rings (SSSR count). The molecule has 0 fully saturated rings. The molecule has 2 N–H and O–H groups in total. The number of amides is 3. The summed E-state index contributed by atoms with van der Waals surface area (Å²) < 4.78 is 0. The predicted molar refractivity (Wildman–Crippen MR) is 111 cm³/mol. The SMILES string of the molecule is Cc1ccc(NC(=O)Nc2ccc3c(c2)N(C(=O)C(C)(C)C)CC3)cc1C. The average molecular weight is 365 g/mol. The summed E-state index contributed by atoms with van der Waals surface area (Å²) in [5.41, 5.74) is 5.31. The van der Waals surface area contributed by atoms with Gasteiger partial charge in [0.05, 0.1) is 0 Å². The normalized spacial score (nSPS) is 13.3. The van der Waals surface area contributed by atoms with Crippen LogP contribution in [-0.4, -0.2) is 18.5 Å². The van der Waals surface area contributed by atoms with E-state index in [1.807, 2.05) is 75.9 Å². The van der Waals surface area contributed by atoms with Crippen LogP contribution in [0.5, 0.6) is 0 Å². The zero-order chi connectivity index (χ0) is 19.8. The molecular formula is C22H27N3O2. The van der Waals surface area contributed by atoms with Crippen LogP contribution in [0.4, 0.5) is 21.9 Å². The topological polar surface area (TPSA) is 61.4 Å². The monoisotopic (exact) mass is 365 g/mol. The van der Waals surface area contributed by atoms with Crippen LogP contribution in [0.25, 0.3) is 0 Å². The van der Waals surface area contributed by atoms with Crippen molar-refractivity contribution >= 4 is 29.0 Å². The lowest BCUT2D eigenvalue weighted by molar-refractivity contribution is -0.125. The van der Waals surface area contributed by atoms with E-state index < -0.39 is 5.41 Å². The Hall–Kier alpha value is -2.82.